The second-order valence-electron chi connectivity index (χ2n) is 20.4. The Kier molecular flexibility index (Phi) is 15.9. The minimum atomic E-state index is -0.914. The van der Waals surface area contributed by atoms with Gasteiger partial charge in [0.05, 0.1) is 35.3 Å². The molecule has 0 bridgehead atoms. The number of rotatable bonds is 13. The summed E-state index contributed by atoms with van der Waals surface area (Å²) in [6, 6.07) is 90.2. The standard InChI is InChI=1S/C28H24O.C27H18N4.C19H18N4O2/c1-21-11-9-13-23(19-21)27(29)28(24-14-5-3-6-15-24,25-16-7-4-8-17-25)26-18-10-12-22(2)20-26;1-3-11-19(12-4-1)25-28-26(20-13-5-2-6-14-20)30-27(29-25)31-23-17-9-7-15-21(23)22-16-8-10-18-24(22)31;1-3-24-18-20-17(21-19(22-18)25-4-2)23-15-11-7-5-9-13(15)14-10-6-8-12-16(14)23/h3-20H,1-2H3;1-18H;5-12H,3-4H2,1-2H3. The summed E-state index contributed by atoms with van der Waals surface area (Å²) in [6.45, 7) is 8.83. The highest BCUT2D eigenvalue weighted by molar-refractivity contribution is 6.11. The van der Waals surface area contributed by atoms with Crippen LogP contribution in [-0.4, -0.2) is 58.0 Å². The third-order valence-corrected chi connectivity index (χ3v) is 14.9. The molecule has 0 aliphatic rings. The Morgan fingerprint density at radius 3 is 1.12 bits per heavy atom. The van der Waals surface area contributed by atoms with Gasteiger partial charge in [0.15, 0.2) is 17.4 Å². The van der Waals surface area contributed by atoms with Gasteiger partial charge in [0.2, 0.25) is 11.9 Å². The van der Waals surface area contributed by atoms with Gasteiger partial charge >= 0.3 is 12.0 Å². The van der Waals surface area contributed by atoms with E-state index in [9.17, 15) is 4.79 Å². The minimum Gasteiger partial charge on any atom is -0.464 e. The second-order valence-corrected chi connectivity index (χ2v) is 20.4. The molecule has 0 aliphatic heterocycles. The van der Waals surface area contributed by atoms with Crippen LogP contribution in [0.15, 0.2) is 267 Å². The molecule has 14 aromatic rings. The maximum Gasteiger partial charge on any atom is 0.324 e. The highest BCUT2D eigenvalue weighted by Gasteiger charge is 2.44. The molecule has 0 aliphatic carbocycles. The summed E-state index contributed by atoms with van der Waals surface area (Å²) in [5.74, 6) is 2.51. The number of carbonyl (C=O) groups excluding carboxylic acids is 1. The van der Waals surface area contributed by atoms with Crippen LogP contribution in [0.25, 0.3) is 78.3 Å². The van der Waals surface area contributed by atoms with Crippen molar-refractivity contribution in [2.75, 3.05) is 13.2 Å². The van der Waals surface area contributed by atoms with Crippen LogP contribution in [0, 0.1) is 13.8 Å². The second kappa shape index (κ2) is 24.7. The van der Waals surface area contributed by atoms with Gasteiger partial charge in [-0.1, -0.05) is 248 Å². The molecule has 4 heterocycles. The zero-order valence-corrected chi connectivity index (χ0v) is 47.6. The summed E-state index contributed by atoms with van der Waals surface area (Å²) >= 11 is 0. The van der Waals surface area contributed by atoms with Crippen LogP contribution in [0.5, 0.6) is 12.0 Å². The molecule has 0 saturated heterocycles. The van der Waals surface area contributed by atoms with Gasteiger partial charge in [-0.15, -0.1) is 4.98 Å². The summed E-state index contributed by atoms with van der Waals surface area (Å²) in [7, 11) is 0. The predicted octanol–water partition coefficient (Wildman–Crippen LogP) is 16.6. The van der Waals surface area contributed by atoms with Crippen molar-refractivity contribution in [2.45, 2.75) is 33.1 Å². The first-order valence-corrected chi connectivity index (χ1v) is 28.5. The number of hydrogen-bond acceptors (Lipinski definition) is 9. The molecule has 0 saturated carbocycles. The zero-order valence-electron chi connectivity index (χ0n) is 47.6. The Hall–Kier alpha value is -10.9. The lowest BCUT2D eigenvalue weighted by Crippen LogP contribution is -2.38. The van der Waals surface area contributed by atoms with Crippen molar-refractivity contribution < 1.29 is 14.3 Å². The number of aromatic nitrogens is 8. The van der Waals surface area contributed by atoms with Crippen molar-refractivity contribution in [3.8, 4) is 46.7 Å². The summed E-state index contributed by atoms with van der Waals surface area (Å²) in [6.07, 6.45) is 0. The number of hydrogen-bond donors (Lipinski definition) is 0. The van der Waals surface area contributed by atoms with Gasteiger partial charge in [-0.2, -0.15) is 19.9 Å². The van der Waals surface area contributed by atoms with Crippen molar-refractivity contribution in [3.05, 3.63) is 300 Å². The third kappa shape index (κ3) is 11.0. The van der Waals surface area contributed by atoms with Crippen molar-refractivity contribution in [3.63, 3.8) is 0 Å². The number of para-hydroxylation sites is 4. The first-order valence-electron chi connectivity index (χ1n) is 28.5. The van der Waals surface area contributed by atoms with Crippen molar-refractivity contribution in [1.29, 1.82) is 0 Å². The zero-order chi connectivity index (χ0) is 58.1. The molecule has 0 atom stereocenters. The van der Waals surface area contributed by atoms with Gasteiger partial charge in [-0.3, -0.25) is 13.9 Å². The Morgan fingerprint density at radius 2 is 0.718 bits per heavy atom. The van der Waals surface area contributed by atoms with Gasteiger partial charge in [-0.25, -0.2) is 4.98 Å². The van der Waals surface area contributed by atoms with Crippen LogP contribution in [0.1, 0.15) is 52.0 Å². The van der Waals surface area contributed by atoms with E-state index in [-0.39, 0.29) is 17.8 Å². The Balaban J connectivity index is 0.000000126. The smallest absolute Gasteiger partial charge is 0.324 e. The monoisotopic (exact) mass is 1110 g/mol. The fourth-order valence-corrected chi connectivity index (χ4v) is 11.1. The Labute approximate surface area is 493 Å². The van der Waals surface area contributed by atoms with Crippen molar-refractivity contribution in [1.82, 2.24) is 39.0 Å². The van der Waals surface area contributed by atoms with Crippen molar-refractivity contribution in [2.24, 2.45) is 0 Å². The molecule has 85 heavy (non-hydrogen) atoms. The van der Waals surface area contributed by atoms with Crippen LogP contribution in [0.4, 0.5) is 0 Å². The lowest BCUT2D eigenvalue weighted by Gasteiger charge is -2.35. The highest BCUT2D eigenvalue weighted by atomic mass is 16.5. The third-order valence-electron chi connectivity index (χ3n) is 14.9. The fraction of sp³-hybridized carbons (Fsp3) is 0.0946. The first-order chi connectivity index (χ1) is 41.8. The number of carbonyl (C=O) groups is 1. The molecule has 11 nitrogen and oxygen atoms in total. The van der Waals surface area contributed by atoms with Gasteiger partial charge in [0.1, 0.15) is 5.41 Å². The lowest BCUT2D eigenvalue weighted by molar-refractivity contribution is 0.0935. The SMILES string of the molecule is CCOc1nc(OCC)nc(-n2c3ccccc3c3ccccc32)n1.Cc1cccc(C(=O)C(c2ccccc2)(c2ccccc2)c2cccc(C)c2)c1.c1ccc(-c2nc(-c3ccccc3)nc(-n3c4ccccc4c4ccccc43)n2)cc1. The number of aryl methyl sites for hydroxylation is 2. The fourth-order valence-electron chi connectivity index (χ4n) is 11.1. The van der Waals surface area contributed by atoms with E-state index < -0.39 is 5.41 Å². The number of ketones is 1. The summed E-state index contributed by atoms with van der Waals surface area (Å²) in [5.41, 5.74) is 11.1. The molecule has 0 amide bonds. The van der Waals surface area contributed by atoms with E-state index in [2.05, 4.69) is 142 Å². The molecule has 4 aromatic heterocycles. The van der Waals surface area contributed by atoms with E-state index >= 15 is 0 Å². The molecule has 0 N–H and O–H groups in total. The van der Waals surface area contributed by atoms with Crippen LogP contribution >= 0.6 is 0 Å². The number of benzene rings is 10. The van der Waals surface area contributed by atoms with E-state index in [4.69, 9.17) is 24.4 Å². The topological polar surface area (TPSA) is 123 Å². The summed E-state index contributed by atoms with van der Waals surface area (Å²) < 4.78 is 15.1. The van der Waals surface area contributed by atoms with Gasteiger partial charge in [-0.05, 0) is 74.7 Å². The van der Waals surface area contributed by atoms with E-state index in [0.717, 1.165) is 77.3 Å². The maximum atomic E-state index is 14.3. The molecule has 0 radical (unpaired) electrons. The maximum absolute atomic E-state index is 14.3. The van der Waals surface area contributed by atoms with Crippen molar-refractivity contribution >= 4 is 49.4 Å². The first kappa shape index (κ1) is 54.7. The van der Waals surface area contributed by atoms with E-state index in [1.54, 1.807) is 0 Å². The normalized spacial score (nSPS) is 11.2. The highest BCUT2D eigenvalue weighted by Crippen LogP contribution is 2.43. The molecule has 11 heteroatoms. The summed E-state index contributed by atoms with van der Waals surface area (Å²) in [5, 5.41) is 4.66. The molecule has 0 fully saturated rings. The van der Waals surface area contributed by atoms with Gasteiger partial charge in [0, 0.05) is 38.2 Å². The molecular formula is C74H60N8O3. The van der Waals surface area contributed by atoms with Crippen LogP contribution in [-0.2, 0) is 5.41 Å². The number of fused-ring (bicyclic) bond motifs is 6. The molecule has 14 rings (SSSR count). The quantitative estimate of drug-likeness (QED) is 0.0820. The average Bonchev–Trinajstić information content (AvgIpc) is 2.93. The van der Waals surface area contributed by atoms with E-state index in [0.29, 0.717) is 36.8 Å². The Bertz CT molecular complexity index is 4400. The molecule has 414 valence electrons. The number of nitrogens with zero attached hydrogens (tertiary/aromatic N) is 8. The minimum absolute atomic E-state index is 0.0872. The van der Waals surface area contributed by atoms with Crippen LogP contribution in [0.3, 0.4) is 0 Å². The van der Waals surface area contributed by atoms with E-state index in [1.807, 2.05) is 177 Å². The molecule has 10 aromatic carbocycles. The predicted molar refractivity (Wildman–Crippen MR) is 341 cm³/mol. The van der Waals surface area contributed by atoms with Gasteiger partial charge in [0.25, 0.3) is 0 Å². The van der Waals surface area contributed by atoms with Crippen LogP contribution in [0.2, 0.25) is 0 Å². The van der Waals surface area contributed by atoms with Crippen LogP contribution < -0.4 is 9.47 Å². The molecule has 0 spiro atoms. The van der Waals surface area contributed by atoms with Gasteiger partial charge < -0.3 is 9.47 Å². The van der Waals surface area contributed by atoms with E-state index in [1.165, 1.54) is 10.8 Å². The average molecular weight is 1110 g/mol. The largest absolute Gasteiger partial charge is 0.464 e. The lowest BCUT2D eigenvalue weighted by atomic mass is 9.65. The molecular weight excluding hydrogens is 1050 g/mol. The molecule has 0 unspecified atom stereocenters. The summed E-state index contributed by atoms with van der Waals surface area (Å²) in [4.78, 5) is 42.1. The Morgan fingerprint density at radius 1 is 0.365 bits per heavy atom. The number of Topliss-reactive ketones (excluding diaryl/α,β-unsaturated/α-hetero) is 1. The number of ether oxygens (including phenoxy) is 2.